The highest BCUT2D eigenvalue weighted by molar-refractivity contribution is 6.30. The second-order valence-corrected chi connectivity index (χ2v) is 8.63. The summed E-state index contributed by atoms with van der Waals surface area (Å²) >= 11 is 5.91. The highest BCUT2D eigenvalue weighted by Crippen LogP contribution is 2.24. The molecule has 2 heterocycles. The van der Waals surface area contributed by atoms with Crippen LogP contribution in [-0.4, -0.2) is 44.9 Å². The van der Waals surface area contributed by atoms with Crippen LogP contribution in [0.5, 0.6) is 5.75 Å². The molecule has 1 unspecified atom stereocenters. The van der Waals surface area contributed by atoms with E-state index in [9.17, 15) is 9.59 Å². The summed E-state index contributed by atoms with van der Waals surface area (Å²) in [5.41, 5.74) is 3.06. The fourth-order valence-corrected chi connectivity index (χ4v) is 3.92. The van der Waals surface area contributed by atoms with E-state index in [-0.39, 0.29) is 18.2 Å². The van der Waals surface area contributed by atoms with Crippen molar-refractivity contribution in [2.45, 2.75) is 26.4 Å². The van der Waals surface area contributed by atoms with E-state index < -0.39 is 5.97 Å². The summed E-state index contributed by atoms with van der Waals surface area (Å²) in [6, 6.07) is 15.0. The minimum atomic E-state index is -0.860. The van der Waals surface area contributed by atoms with E-state index >= 15 is 0 Å². The molecule has 1 aliphatic rings. The Labute approximate surface area is 197 Å². The number of fused-ring (bicyclic) bond motifs is 1. The first kappa shape index (κ1) is 22.7. The lowest BCUT2D eigenvalue weighted by molar-refractivity contribution is -0.138. The highest BCUT2D eigenvalue weighted by Gasteiger charge is 2.27. The minimum Gasteiger partial charge on any atom is -0.489 e. The van der Waals surface area contributed by atoms with Crippen LogP contribution in [0.4, 0.5) is 0 Å². The van der Waals surface area contributed by atoms with Crippen molar-refractivity contribution in [3.63, 3.8) is 0 Å². The first-order chi connectivity index (χ1) is 15.9. The standard InChI is InChI=1S/C25H24ClN3O4/c1-16(12-23(30)31)14-29-11-10-22-21(25(29)32)13-27-24(28-22)18-4-8-20(9-5-18)33-15-17-2-6-19(26)7-3-17/h2-9,13,16H,10-12,14-15H2,1H3,(H,30,31). The van der Waals surface area contributed by atoms with Crippen molar-refractivity contribution in [3.05, 3.63) is 76.6 Å². The molecule has 1 aromatic heterocycles. The lowest BCUT2D eigenvalue weighted by Crippen LogP contribution is -2.41. The minimum absolute atomic E-state index is 0.0332. The zero-order chi connectivity index (χ0) is 23.4. The van der Waals surface area contributed by atoms with Crippen molar-refractivity contribution in [2.24, 2.45) is 5.92 Å². The number of carbonyl (C=O) groups excluding carboxylic acids is 1. The predicted octanol–water partition coefficient (Wildman–Crippen LogP) is 4.49. The van der Waals surface area contributed by atoms with Gasteiger partial charge >= 0.3 is 5.97 Å². The van der Waals surface area contributed by atoms with Gasteiger partial charge in [0.15, 0.2) is 5.82 Å². The van der Waals surface area contributed by atoms with Crippen LogP contribution in [0.1, 0.15) is 35.0 Å². The van der Waals surface area contributed by atoms with Gasteiger partial charge in [-0.1, -0.05) is 30.7 Å². The first-order valence-corrected chi connectivity index (χ1v) is 11.1. The second-order valence-electron chi connectivity index (χ2n) is 8.20. The van der Waals surface area contributed by atoms with Crippen LogP contribution in [0.2, 0.25) is 5.02 Å². The van der Waals surface area contributed by atoms with Crippen molar-refractivity contribution in [3.8, 4) is 17.1 Å². The number of carbonyl (C=O) groups is 2. The van der Waals surface area contributed by atoms with Gasteiger partial charge in [0, 0.05) is 42.7 Å². The summed E-state index contributed by atoms with van der Waals surface area (Å²) in [6.45, 7) is 3.20. The molecule has 0 saturated carbocycles. The van der Waals surface area contributed by atoms with Gasteiger partial charge in [0.25, 0.3) is 5.91 Å². The third-order valence-electron chi connectivity index (χ3n) is 5.49. The van der Waals surface area contributed by atoms with E-state index in [1.807, 2.05) is 55.5 Å². The number of hydrogen-bond donors (Lipinski definition) is 1. The number of carboxylic acids is 1. The van der Waals surface area contributed by atoms with Crippen LogP contribution < -0.4 is 4.74 Å². The Morgan fingerprint density at radius 3 is 2.61 bits per heavy atom. The molecule has 0 spiro atoms. The number of aliphatic carboxylic acids is 1. The molecule has 8 heteroatoms. The molecule has 0 bridgehead atoms. The lowest BCUT2D eigenvalue weighted by Gasteiger charge is -2.29. The number of aromatic nitrogens is 2. The molecule has 1 N–H and O–H groups in total. The molecule has 1 aliphatic heterocycles. The predicted molar refractivity (Wildman–Crippen MR) is 124 cm³/mol. The largest absolute Gasteiger partial charge is 0.489 e. The molecule has 7 nitrogen and oxygen atoms in total. The summed E-state index contributed by atoms with van der Waals surface area (Å²) < 4.78 is 5.82. The molecule has 0 fully saturated rings. The maximum Gasteiger partial charge on any atom is 0.303 e. The summed E-state index contributed by atoms with van der Waals surface area (Å²) in [6.07, 6.45) is 2.21. The van der Waals surface area contributed by atoms with Crippen LogP contribution in [0.25, 0.3) is 11.4 Å². The molecule has 0 radical (unpaired) electrons. The molecule has 0 aliphatic carbocycles. The van der Waals surface area contributed by atoms with E-state index in [0.29, 0.717) is 42.5 Å². The maximum atomic E-state index is 12.8. The molecule has 1 amide bonds. The molecule has 3 aromatic rings. The normalized spacial score (nSPS) is 14.0. The van der Waals surface area contributed by atoms with E-state index in [0.717, 1.165) is 22.6 Å². The third kappa shape index (κ3) is 5.68. The highest BCUT2D eigenvalue weighted by atomic mass is 35.5. The Hall–Kier alpha value is -3.45. The molecular formula is C25H24ClN3O4. The molecular weight excluding hydrogens is 442 g/mol. The number of amides is 1. The number of hydrogen-bond acceptors (Lipinski definition) is 5. The monoisotopic (exact) mass is 465 g/mol. The third-order valence-corrected chi connectivity index (χ3v) is 5.74. The molecule has 4 rings (SSSR count). The molecule has 1 atom stereocenters. The number of carboxylic acid groups (broad SMARTS) is 1. The number of nitrogens with zero attached hydrogens (tertiary/aromatic N) is 3. The van der Waals surface area contributed by atoms with E-state index in [4.69, 9.17) is 21.4 Å². The van der Waals surface area contributed by atoms with Crippen molar-refractivity contribution in [2.75, 3.05) is 13.1 Å². The Kier molecular flexibility index (Phi) is 6.89. The van der Waals surface area contributed by atoms with Gasteiger partial charge in [0.05, 0.1) is 11.3 Å². The number of rotatable bonds is 8. The maximum absolute atomic E-state index is 12.8. The van der Waals surface area contributed by atoms with Gasteiger partial charge in [-0.05, 0) is 47.9 Å². The Morgan fingerprint density at radius 2 is 1.91 bits per heavy atom. The quantitative estimate of drug-likeness (QED) is 0.527. The first-order valence-electron chi connectivity index (χ1n) is 10.7. The summed E-state index contributed by atoms with van der Waals surface area (Å²) in [4.78, 5) is 34.4. The second kappa shape index (κ2) is 10.0. The van der Waals surface area contributed by atoms with E-state index in [1.165, 1.54) is 0 Å². The topological polar surface area (TPSA) is 92.6 Å². The van der Waals surface area contributed by atoms with Crippen LogP contribution in [0, 0.1) is 5.92 Å². The van der Waals surface area contributed by atoms with Gasteiger partial charge in [-0.3, -0.25) is 9.59 Å². The smallest absolute Gasteiger partial charge is 0.303 e. The van der Waals surface area contributed by atoms with Gasteiger partial charge in [-0.2, -0.15) is 0 Å². The Bertz CT molecular complexity index is 1150. The molecule has 2 aromatic carbocycles. The van der Waals surface area contributed by atoms with Crippen molar-refractivity contribution in [1.82, 2.24) is 14.9 Å². The summed E-state index contributed by atoms with van der Waals surface area (Å²) in [7, 11) is 0. The van der Waals surface area contributed by atoms with Crippen LogP contribution in [0.3, 0.4) is 0 Å². The molecule has 33 heavy (non-hydrogen) atoms. The van der Waals surface area contributed by atoms with Gasteiger partial charge < -0.3 is 14.7 Å². The van der Waals surface area contributed by atoms with Gasteiger partial charge in [0.1, 0.15) is 12.4 Å². The lowest BCUT2D eigenvalue weighted by atomic mass is 10.0. The fourth-order valence-electron chi connectivity index (χ4n) is 3.80. The Morgan fingerprint density at radius 1 is 1.18 bits per heavy atom. The average Bonchev–Trinajstić information content (AvgIpc) is 2.80. The van der Waals surface area contributed by atoms with Crippen molar-refractivity contribution < 1.29 is 19.4 Å². The fraction of sp³-hybridized carbons (Fsp3) is 0.280. The van der Waals surface area contributed by atoms with Crippen LogP contribution in [-0.2, 0) is 17.8 Å². The van der Waals surface area contributed by atoms with Crippen LogP contribution >= 0.6 is 11.6 Å². The zero-order valence-corrected chi connectivity index (χ0v) is 19.0. The van der Waals surface area contributed by atoms with Gasteiger partial charge in [0.2, 0.25) is 0 Å². The van der Waals surface area contributed by atoms with Gasteiger partial charge in [-0.25, -0.2) is 9.97 Å². The van der Waals surface area contributed by atoms with Gasteiger partial charge in [-0.15, -0.1) is 0 Å². The number of benzene rings is 2. The van der Waals surface area contributed by atoms with Crippen molar-refractivity contribution >= 4 is 23.5 Å². The molecule has 0 saturated heterocycles. The van der Waals surface area contributed by atoms with Crippen LogP contribution in [0.15, 0.2) is 54.7 Å². The van der Waals surface area contributed by atoms with E-state index in [2.05, 4.69) is 9.97 Å². The van der Waals surface area contributed by atoms with E-state index in [1.54, 1.807) is 11.1 Å². The summed E-state index contributed by atoms with van der Waals surface area (Å²) in [5.74, 6) is 0.160. The number of halogens is 1. The Balaban J connectivity index is 1.41. The van der Waals surface area contributed by atoms with Crippen molar-refractivity contribution in [1.29, 1.82) is 0 Å². The SMILES string of the molecule is CC(CC(=O)O)CN1CCc2nc(-c3ccc(OCc4ccc(Cl)cc4)cc3)ncc2C1=O. The number of ether oxygens (including phenoxy) is 1. The molecule has 170 valence electrons. The summed E-state index contributed by atoms with van der Waals surface area (Å²) in [5, 5.41) is 9.64. The average molecular weight is 466 g/mol. The zero-order valence-electron chi connectivity index (χ0n) is 18.2.